The summed E-state index contributed by atoms with van der Waals surface area (Å²) in [6, 6.07) is 12.0. The molecule has 0 aliphatic carbocycles. The summed E-state index contributed by atoms with van der Waals surface area (Å²) in [6.45, 7) is 3.49. The van der Waals surface area contributed by atoms with Crippen molar-refractivity contribution in [3.8, 4) is 0 Å². The third-order valence-electron chi connectivity index (χ3n) is 3.51. The van der Waals surface area contributed by atoms with Crippen molar-refractivity contribution in [2.45, 2.75) is 28.9 Å². The standard InChI is InChI=1S/C17H19ClN2O3S2/c1-11-4-7-14(10-16(11)25(22,23)19-3)20-17(21)12(2)24-15-8-5-13(18)6-9-15/h4-10,12,19H,1-3H3,(H,20,21). The van der Waals surface area contributed by atoms with Crippen molar-refractivity contribution in [1.82, 2.24) is 4.72 Å². The summed E-state index contributed by atoms with van der Waals surface area (Å²) in [7, 11) is -2.23. The molecule has 2 aromatic carbocycles. The number of carbonyl (C=O) groups is 1. The van der Waals surface area contributed by atoms with Gasteiger partial charge in [0.2, 0.25) is 15.9 Å². The van der Waals surface area contributed by atoms with Crippen molar-refractivity contribution in [2.24, 2.45) is 0 Å². The van der Waals surface area contributed by atoms with Crippen LogP contribution in [0.5, 0.6) is 0 Å². The van der Waals surface area contributed by atoms with Crippen molar-refractivity contribution >= 4 is 45.0 Å². The first-order chi connectivity index (χ1) is 11.7. The SMILES string of the molecule is CNS(=O)(=O)c1cc(NC(=O)C(C)Sc2ccc(Cl)cc2)ccc1C. The van der Waals surface area contributed by atoms with Crippen molar-refractivity contribution < 1.29 is 13.2 Å². The summed E-state index contributed by atoms with van der Waals surface area (Å²) in [6.07, 6.45) is 0. The van der Waals surface area contributed by atoms with Gasteiger partial charge in [-0.15, -0.1) is 11.8 Å². The minimum absolute atomic E-state index is 0.144. The number of hydrogen-bond donors (Lipinski definition) is 2. The zero-order valence-corrected chi connectivity index (χ0v) is 16.4. The quantitative estimate of drug-likeness (QED) is 0.728. The van der Waals surface area contributed by atoms with Gasteiger partial charge >= 0.3 is 0 Å². The molecular weight excluding hydrogens is 380 g/mol. The molecule has 0 bridgehead atoms. The van der Waals surface area contributed by atoms with Gasteiger partial charge in [0.05, 0.1) is 10.1 Å². The molecule has 0 aliphatic rings. The summed E-state index contributed by atoms with van der Waals surface area (Å²) in [5.41, 5.74) is 1.05. The fourth-order valence-electron chi connectivity index (χ4n) is 2.09. The highest BCUT2D eigenvalue weighted by atomic mass is 35.5. The number of sulfonamides is 1. The molecule has 0 radical (unpaired) electrons. The lowest BCUT2D eigenvalue weighted by Crippen LogP contribution is -2.23. The molecule has 2 N–H and O–H groups in total. The van der Waals surface area contributed by atoms with Gasteiger partial charge in [0, 0.05) is 15.6 Å². The van der Waals surface area contributed by atoms with Gasteiger partial charge in [-0.05, 0) is 62.9 Å². The number of benzene rings is 2. The highest BCUT2D eigenvalue weighted by Gasteiger charge is 2.18. The Morgan fingerprint density at radius 3 is 2.40 bits per heavy atom. The summed E-state index contributed by atoms with van der Waals surface area (Å²) in [4.78, 5) is 13.4. The summed E-state index contributed by atoms with van der Waals surface area (Å²) >= 11 is 7.25. The maximum absolute atomic E-state index is 12.4. The van der Waals surface area contributed by atoms with Crippen LogP contribution in [0, 0.1) is 6.92 Å². The van der Waals surface area contributed by atoms with E-state index in [4.69, 9.17) is 11.6 Å². The number of thioether (sulfide) groups is 1. The maximum atomic E-state index is 12.4. The molecule has 0 saturated carbocycles. The van der Waals surface area contributed by atoms with Crippen LogP contribution in [0.1, 0.15) is 12.5 Å². The number of aryl methyl sites for hydroxylation is 1. The first-order valence-electron chi connectivity index (χ1n) is 7.50. The number of halogens is 1. The molecule has 0 saturated heterocycles. The van der Waals surface area contributed by atoms with E-state index >= 15 is 0 Å². The fourth-order valence-corrected chi connectivity index (χ4v) is 4.08. The minimum Gasteiger partial charge on any atom is -0.325 e. The smallest absolute Gasteiger partial charge is 0.240 e. The lowest BCUT2D eigenvalue weighted by atomic mass is 10.2. The van der Waals surface area contributed by atoms with E-state index < -0.39 is 10.0 Å². The largest absolute Gasteiger partial charge is 0.325 e. The molecule has 0 aliphatic heterocycles. The van der Waals surface area contributed by atoms with Gasteiger partial charge in [-0.3, -0.25) is 4.79 Å². The van der Waals surface area contributed by atoms with Gasteiger partial charge in [-0.25, -0.2) is 13.1 Å². The first kappa shape index (κ1) is 19.8. The van der Waals surface area contributed by atoms with Gasteiger partial charge in [0.15, 0.2) is 0 Å². The molecule has 134 valence electrons. The van der Waals surface area contributed by atoms with Crippen molar-refractivity contribution in [3.63, 3.8) is 0 Å². The van der Waals surface area contributed by atoms with Crippen LogP contribution in [-0.2, 0) is 14.8 Å². The molecule has 25 heavy (non-hydrogen) atoms. The Morgan fingerprint density at radius 2 is 1.80 bits per heavy atom. The second-order valence-corrected chi connectivity index (χ2v) is 9.10. The highest BCUT2D eigenvalue weighted by molar-refractivity contribution is 8.00. The van der Waals surface area contributed by atoms with Crippen molar-refractivity contribution in [2.75, 3.05) is 12.4 Å². The predicted octanol–water partition coefficient (Wildman–Crippen LogP) is 3.68. The maximum Gasteiger partial charge on any atom is 0.240 e. The molecule has 0 heterocycles. The van der Waals surface area contributed by atoms with Gasteiger partial charge < -0.3 is 5.32 Å². The van der Waals surface area contributed by atoms with Crippen LogP contribution in [-0.4, -0.2) is 26.6 Å². The number of anilines is 1. The Labute approximate surface area is 157 Å². The van der Waals surface area contributed by atoms with Crippen LogP contribution in [0.15, 0.2) is 52.3 Å². The second kappa shape index (κ2) is 8.23. The van der Waals surface area contributed by atoms with Crippen LogP contribution >= 0.6 is 23.4 Å². The fraction of sp³-hybridized carbons (Fsp3) is 0.235. The zero-order chi connectivity index (χ0) is 18.6. The molecule has 8 heteroatoms. The number of hydrogen-bond acceptors (Lipinski definition) is 4. The van der Waals surface area contributed by atoms with E-state index in [1.807, 2.05) is 12.1 Å². The van der Waals surface area contributed by atoms with Gasteiger partial charge in [-0.1, -0.05) is 17.7 Å². The molecular formula is C17H19ClN2O3S2. The van der Waals surface area contributed by atoms with E-state index in [-0.39, 0.29) is 16.1 Å². The summed E-state index contributed by atoms with van der Waals surface area (Å²) in [5, 5.41) is 3.04. The van der Waals surface area contributed by atoms with E-state index in [0.29, 0.717) is 16.3 Å². The lowest BCUT2D eigenvalue weighted by molar-refractivity contribution is -0.115. The Hall–Kier alpha value is -1.54. The Morgan fingerprint density at radius 1 is 1.16 bits per heavy atom. The lowest BCUT2D eigenvalue weighted by Gasteiger charge is -2.14. The van der Waals surface area contributed by atoms with Gasteiger partial charge in [0.1, 0.15) is 0 Å². The van der Waals surface area contributed by atoms with Gasteiger partial charge in [0.25, 0.3) is 0 Å². The van der Waals surface area contributed by atoms with Crippen molar-refractivity contribution in [3.05, 3.63) is 53.1 Å². The summed E-state index contributed by atoms with van der Waals surface area (Å²) < 4.78 is 26.3. The average Bonchev–Trinajstić information content (AvgIpc) is 2.58. The van der Waals surface area contributed by atoms with Gasteiger partial charge in [-0.2, -0.15) is 0 Å². The third kappa shape index (κ3) is 5.22. The number of carbonyl (C=O) groups excluding carboxylic acids is 1. The number of amides is 1. The van der Waals surface area contributed by atoms with E-state index in [0.717, 1.165) is 4.90 Å². The van der Waals surface area contributed by atoms with Crippen LogP contribution in [0.2, 0.25) is 5.02 Å². The number of nitrogens with one attached hydrogen (secondary N) is 2. The summed E-state index contributed by atoms with van der Waals surface area (Å²) in [5.74, 6) is -0.211. The molecule has 0 fully saturated rings. The van der Waals surface area contributed by atoms with E-state index in [9.17, 15) is 13.2 Å². The predicted molar refractivity (Wildman–Crippen MR) is 103 cm³/mol. The number of rotatable bonds is 6. The highest BCUT2D eigenvalue weighted by Crippen LogP contribution is 2.26. The van der Waals surface area contributed by atoms with E-state index in [1.165, 1.54) is 24.9 Å². The molecule has 1 amide bonds. The Kier molecular flexibility index (Phi) is 6.51. The van der Waals surface area contributed by atoms with Crippen LogP contribution in [0.4, 0.5) is 5.69 Å². The molecule has 2 rings (SSSR count). The second-order valence-electron chi connectivity index (χ2n) is 5.39. The van der Waals surface area contributed by atoms with E-state index in [1.54, 1.807) is 38.1 Å². The third-order valence-corrected chi connectivity index (χ3v) is 6.43. The molecule has 0 spiro atoms. The molecule has 1 atom stereocenters. The van der Waals surface area contributed by atoms with Crippen LogP contribution in [0.25, 0.3) is 0 Å². The first-order valence-corrected chi connectivity index (χ1v) is 10.2. The Bertz CT molecular complexity index is 868. The normalized spacial score (nSPS) is 12.6. The minimum atomic E-state index is -3.58. The topological polar surface area (TPSA) is 75.3 Å². The molecule has 0 aromatic heterocycles. The van der Waals surface area contributed by atoms with Crippen molar-refractivity contribution in [1.29, 1.82) is 0 Å². The van der Waals surface area contributed by atoms with Crippen LogP contribution < -0.4 is 10.0 Å². The molecule has 2 aromatic rings. The van der Waals surface area contributed by atoms with Crippen LogP contribution in [0.3, 0.4) is 0 Å². The Balaban J connectivity index is 2.12. The monoisotopic (exact) mass is 398 g/mol. The average molecular weight is 399 g/mol. The molecule has 1 unspecified atom stereocenters. The zero-order valence-electron chi connectivity index (χ0n) is 14.0. The van der Waals surface area contributed by atoms with E-state index in [2.05, 4.69) is 10.0 Å². The molecule has 5 nitrogen and oxygen atoms in total.